The zero-order valence-corrected chi connectivity index (χ0v) is 13.3. The van der Waals surface area contributed by atoms with Crippen LogP contribution in [-0.2, 0) is 0 Å². The molecule has 0 aliphatic carbocycles. The molecule has 118 valence electrons. The van der Waals surface area contributed by atoms with Crippen LogP contribution in [0.2, 0.25) is 0 Å². The molecule has 2 aromatic carbocycles. The van der Waals surface area contributed by atoms with Crippen LogP contribution in [0.1, 0.15) is 12.8 Å². The third kappa shape index (κ3) is 5.20. The van der Waals surface area contributed by atoms with Crippen molar-refractivity contribution in [2.24, 2.45) is 0 Å². The van der Waals surface area contributed by atoms with Gasteiger partial charge in [-0.3, -0.25) is 0 Å². The Morgan fingerprint density at radius 1 is 0.636 bits per heavy atom. The Morgan fingerprint density at radius 3 is 1.32 bits per heavy atom. The van der Waals surface area contributed by atoms with E-state index < -0.39 is 0 Å². The molecule has 0 fully saturated rings. The Morgan fingerprint density at radius 2 is 1.00 bits per heavy atom. The van der Waals surface area contributed by atoms with Crippen molar-refractivity contribution < 1.29 is 9.47 Å². The van der Waals surface area contributed by atoms with Crippen LogP contribution in [0.3, 0.4) is 0 Å². The van der Waals surface area contributed by atoms with Crippen molar-refractivity contribution >= 4 is 11.4 Å². The molecule has 4 heteroatoms. The van der Waals surface area contributed by atoms with E-state index in [1.807, 2.05) is 62.6 Å². The van der Waals surface area contributed by atoms with Gasteiger partial charge in [-0.05, 0) is 61.4 Å². The van der Waals surface area contributed by atoms with E-state index in [1.165, 1.54) is 0 Å². The number of unbranched alkanes of at least 4 members (excludes halogenated alkanes) is 1. The van der Waals surface area contributed by atoms with Gasteiger partial charge in [0.25, 0.3) is 0 Å². The van der Waals surface area contributed by atoms with Crippen LogP contribution in [0.5, 0.6) is 11.5 Å². The molecule has 4 nitrogen and oxygen atoms in total. The van der Waals surface area contributed by atoms with Gasteiger partial charge >= 0.3 is 0 Å². The molecule has 0 aliphatic rings. The minimum absolute atomic E-state index is 0.709. The fraction of sp³-hybridized carbons (Fsp3) is 0.333. The van der Waals surface area contributed by atoms with Crippen molar-refractivity contribution in [2.75, 3.05) is 37.9 Å². The quantitative estimate of drug-likeness (QED) is 0.687. The van der Waals surface area contributed by atoms with Gasteiger partial charge in [0.15, 0.2) is 0 Å². The summed E-state index contributed by atoms with van der Waals surface area (Å²) in [6.07, 6.45) is 1.95. The molecule has 0 unspecified atom stereocenters. The summed E-state index contributed by atoms with van der Waals surface area (Å²) in [4.78, 5) is 0. The fourth-order valence-electron chi connectivity index (χ4n) is 2.02. The number of ether oxygens (including phenoxy) is 2. The Bertz CT molecular complexity index is 487. The standard InChI is InChI=1S/C18H24N2O2/c1-19-15-5-9-17(10-6-15)21-13-3-4-14-22-18-11-7-16(20-2)8-12-18/h5-12,19-20H,3-4,13-14H2,1-2H3. The summed E-state index contributed by atoms with van der Waals surface area (Å²) in [5.41, 5.74) is 2.18. The van der Waals surface area contributed by atoms with Crippen LogP contribution in [-0.4, -0.2) is 27.3 Å². The van der Waals surface area contributed by atoms with Gasteiger partial charge in [-0.25, -0.2) is 0 Å². The lowest BCUT2D eigenvalue weighted by molar-refractivity contribution is 0.266. The molecular formula is C18H24N2O2. The van der Waals surface area contributed by atoms with Gasteiger partial charge in [0.2, 0.25) is 0 Å². The van der Waals surface area contributed by atoms with Crippen LogP contribution < -0.4 is 20.1 Å². The maximum absolute atomic E-state index is 5.70. The first-order valence-electron chi connectivity index (χ1n) is 7.63. The van der Waals surface area contributed by atoms with Gasteiger partial charge in [-0.15, -0.1) is 0 Å². The minimum Gasteiger partial charge on any atom is -0.494 e. The van der Waals surface area contributed by atoms with E-state index in [1.54, 1.807) is 0 Å². The molecule has 0 spiro atoms. The van der Waals surface area contributed by atoms with Crippen molar-refractivity contribution in [3.8, 4) is 11.5 Å². The third-order valence-electron chi connectivity index (χ3n) is 3.36. The predicted octanol–water partition coefficient (Wildman–Crippen LogP) is 4.01. The molecule has 22 heavy (non-hydrogen) atoms. The number of hydrogen-bond donors (Lipinski definition) is 2. The minimum atomic E-state index is 0.709. The molecule has 0 saturated carbocycles. The summed E-state index contributed by atoms with van der Waals surface area (Å²) >= 11 is 0. The maximum Gasteiger partial charge on any atom is 0.119 e. The van der Waals surface area contributed by atoms with Gasteiger partial charge in [0.1, 0.15) is 11.5 Å². The zero-order valence-electron chi connectivity index (χ0n) is 13.3. The Kier molecular flexibility index (Phi) is 6.42. The highest BCUT2D eigenvalue weighted by Gasteiger charge is 1.97. The number of benzene rings is 2. The second kappa shape index (κ2) is 8.82. The lowest BCUT2D eigenvalue weighted by Gasteiger charge is -2.09. The largest absolute Gasteiger partial charge is 0.494 e. The van der Waals surface area contributed by atoms with Crippen molar-refractivity contribution in [1.29, 1.82) is 0 Å². The summed E-state index contributed by atoms with van der Waals surface area (Å²) in [6, 6.07) is 15.9. The normalized spacial score (nSPS) is 10.1. The van der Waals surface area contributed by atoms with Gasteiger partial charge < -0.3 is 20.1 Å². The highest BCUT2D eigenvalue weighted by atomic mass is 16.5. The Balaban J connectivity index is 1.58. The fourth-order valence-corrected chi connectivity index (χ4v) is 2.02. The Labute approximate surface area is 132 Å². The van der Waals surface area contributed by atoms with E-state index in [4.69, 9.17) is 9.47 Å². The molecule has 2 rings (SSSR count). The Hall–Kier alpha value is -2.36. The second-order valence-corrected chi connectivity index (χ2v) is 4.95. The number of anilines is 2. The van der Waals surface area contributed by atoms with Crippen molar-refractivity contribution in [3.05, 3.63) is 48.5 Å². The van der Waals surface area contributed by atoms with Gasteiger partial charge in [-0.1, -0.05) is 0 Å². The van der Waals surface area contributed by atoms with Crippen LogP contribution in [0.4, 0.5) is 11.4 Å². The second-order valence-electron chi connectivity index (χ2n) is 4.95. The zero-order chi connectivity index (χ0) is 15.6. The summed E-state index contributed by atoms with van der Waals surface area (Å²) in [5, 5.41) is 6.17. The van der Waals surface area contributed by atoms with E-state index in [0.29, 0.717) is 13.2 Å². The summed E-state index contributed by atoms with van der Waals surface area (Å²) < 4.78 is 11.4. The molecule has 0 aromatic heterocycles. The topological polar surface area (TPSA) is 42.5 Å². The highest BCUT2D eigenvalue weighted by Crippen LogP contribution is 2.16. The van der Waals surface area contributed by atoms with Crippen molar-refractivity contribution in [2.45, 2.75) is 12.8 Å². The first-order chi connectivity index (χ1) is 10.8. The number of hydrogen-bond acceptors (Lipinski definition) is 4. The van der Waals surface area contributed by atoms with Gasteiger partial charge in [0.05, 0.1) is 13.2 Å². The lowest BCUT2D eigenvalue weighted by Crippen LogP contribution is -2.02. The van der Waals surface area contributed by atoms with E-state index in [9.17, 15) is 0 Å². The maximum atomic E-state index is 5.70. The lowest BCUT2D eigenvalue weighted by atomic mass is 10.3. The number of rotatable bonds is 9. The predicted molar refractivity (Wildman–Crippen MR) is 92.2 cm³/mol. The summed E-state index contributed by atoms with van der Waals surface area (Å²) in [7, 11) is 3.81. The van der Waals surface area contributed by atoms with Crippen LogP contribution >= 0.6 is 0 Å². The van der Waals surface area contributed by atoms with Crippen LogP contribution in [0.25, 0.3) is 0 Å². The molecule has 0 amide bonds. The molecule has 2 aromatic rings. The highest BCUT2D eigenvalue weighted by molar-refractivity contribution is 5.46. The average molecular weight is 300 g/mol. The first-order valence-corrected chi connectivity index (χ1v) is 7.63. The summed E-state index contributed by atoms with van der Waals surface area (Å²) in [5.74, 6) is 1.81. The van der Waals surface area contributed by atoms with E-state index in [-0.39, 0.29) is 0 Å². The monoisotopic (exact) mass is 300 g/mol. The molecule has 0 bridgehead atoms. The third-order valence-corrected chi connectivity index (χ3v) is 3.36. The average Bonchev–Trinajstić information content (AvgIpc) is 2.59. The van der Waals surface area contributed by atoms with E-state index >= 15 is 0 Å². The molecule has 0 atom stereocenters. The van der Waals surface area contributed by atoms with Crippen LogP contribution in [0.15, 0.2) is 48.5 Å². The molecule has 2 N–H and O–H groups in total. The summed E-state index contributed by atoms with van der Waals surface area (Å²) in [6.45, 7) is 1.42. The van der Waals surface area contributed by atoms with Gasteiger partial charge in [0, 0.05) is 25.5 Å². The SMILES string of the molecule is CNc1ccc(OCCCCOc2ccc(NC)cc2)cc1. The van der Waals surface area contributed by atoms with Gasteiger partial charge in [-0.2, -0.15) is 0 Å². The van der Waals surface area contributed by atoms with Crippen LogP contribution in [0, 0.1) is 0 Å². The van der Waals surface area contributed by atoms with E-state index in [0.717, 1.165) is 35.7 Å². The van der Waals surface area contributed by atoms with Crippen molar-refractivity contribution in [3.63, 3.8) is 0 Å². The molecule has 0 heterocycles. The van der Waals surface area contributed by atoms with E-state index in [2.05, 4.69) is 10.6 Å². The molecule has 0 aliphatic heterocycles. The smallest absolute Gasteiger partial charge is 0.119 e. The molecule has 0 radical (unpaired) electrons. The molecule has 0 saturated heterocycles. The first kappa shape index (κ1) is 16.0. The van der Waals surface area contributed by atoms with Crippen molar-refractivity contribution in [1.82, 2.24) is 0 Å². The molecular weight excluding hydrogens is 276 g/mol. The number of nitrogens with one attached hydrogen (secondary N) is 2.